The first-order valence-electron chi connectivity index (χ1n) is 9.18. The van der Waals surface area contributed by atoms with Crippen molar-refractivity contribution in [1.29, 1.82) is 0 Å². The van der Waals surface area contributed by atoms with E-state index in [1.165, 1.54) is 47.3 Å². The predicted octanol–water partition coefficient (Wildman–Crippen LogP) is 6.53. The smallest absolute Gasteiger partial charge is 0.123 e. The molecule has 126 valence electrons. The molecule has 1 nitrogen and oxygen atoms in total. The van der Waals surface area contributed by atoms with E-state index in [0.29, 0.717) is 5.75 Å². The number of benzene rings is 1. The first-order valence-corrected chi connectivity index (χ1v) is 10.2. The lowest BCUT2D eigenvalue weighted by Gasteiger charge is -2.19. The highest BCUT2D eigenvalue weighted by Crippen LogP contribution is 2.38. The molecule has 0 aromatic heterocycles. The van der Waals surface area contributed by atoms with Gasteiger partial charge in [0, 0.05) is 10.5 Å². The number of hydrogen-bond donors (Lipinski definition) is 1. The third kappa shape index (κ3) is 5.53. The molecule has 0 aliphatic carbocycles. The summed E-state index contributed by atoms with van der Waals surface area (Å²) in [6.45, 7) is 8.90. The summed E-state index contributed by atoms with van der Waals surface area (Å²) in [6.07, 6.45) is 10.3. The maximum Gasteiger partial charge on any atom is 0.123 e. The van der Waals surface area contributed by atoms with Crippen molar-refractivity contribution in [2.24, 2.45) is 0 Å². The molecular formula is C20H34OS. The number of rotatable bonds is 11. The minimum atomic E-state index is 0.595. The van der Waals surface area contributed by atoms with Gasteiger partial charge in [0.2, 0.25) is 0 Å². The number of phenolic OH excluding ortho intramolecular Hbond substituents is 1. The maximum absolute atomic E-state index is 10.8. The van der Waals surface area contributed by atoms with Crippen LogP contribution in [0.4, 0.5) is 0 Å². The summed E-state index contributed by atoms with van der Waals surface area (Å²) in [5.74, 6) is 1.67. The minimum Gasteiger partial charge on any atom is -0.507 e. The topological polar surface area (TPSA) is 20.2 Å². The zero-order chi connectivity index (χ0) is 16.4. The second kappa shape index (κ2) is 11.0. The number of unbranched alkanes of at least 4 members (excludes halogenated alkanes) is 3. The Morgan fingerprint density at radius 3 is 1.91 bits per heavy atom. The highest BCUT2D eigenvalue weighted by Gasteiger charge is 2.17. The van der Waals surface area contributed by atoms with Crippen LogP contribution in [0.3, 0.4) is 0 Å². The molecule has 0 atom stereocenters. The van der Waals surface area contributed by atoms with Crippen LogP contribution in [-0.4, -0.2) is 10.9 Å². The van der Waals surface area contributed by atoms with Crippen LogP contribution in [0, 0.1) is 0 Å². The number of aromatic hydroxyl groups is 1. The number of thioether (sulfide) groups is 1. The van der Waals surface area contributed by atoms with Crippen molar-refractivity contribution >= 4 is 11.8 Å². The van der Waals surface area contributed by atoms with Crippen molar-refractivity contribution < 1.29 is 5.11 Å². The van der Waals surface area contributed by atoms with E-state index in [4.69, 9.17) is 0 Å². The lowest BCUT2D eigenvalue weighted by molar-refractivity contribution is 0.455. The highest BCUT2D eigenvalue weighted by molar-refractivity contribution is 7.99. The van der Waals surface area contributed by atoms with E-state index in [9.17, 15) is 5.11 Å². The first kappa shape index (κ1) is 19.4. The van der Waals surface area contributed by atoms with Crippen molar-refractivity contribution in [3.63, 3.8) is 0 Å². The van der Waals surface area contributed by atoms with Gasteiger partial charge in [0.25, 0.3) is 0 Å². The van der Waals surface area contributed by atoms with E-state index in [-0.39, 0.29) is 0 Å². The van der Waals surface area contributed by atoms with Crippen LogP contribution in [0.5, 0.6) is 5.75 Å². The summed E-state index contributed by atoms with van der Waals surface area (Å²) in [4.78, 5) is 1.38. The first-order chi connectivity index (χ1) is 10.7. The zero-order valence-electron chi connectivity index (χ0n) is 15.0. The van der Waals surface area contributed by atoms with E-state index in [0.717, 1.165) is 37.9 Å². The molecule has 22 heavy (non-hydrogen) atoms. The Morgan fingerprint density at radius 2 is 1.36 bits per heavy atom. The van der Waals surface area contributed by atoms with Crippen molar-refractivity contribution in [3.8, 4) is 5.75 Å². The summed E-state index contributed by atoms with van der Waals surface area (Å²) in [6, 6.07) is 2.30. The Kier molecular flexibility index (Phi) is 9.70. The minimum absolute atomic E-state index is 0.595. The maximum atomic E-state index is 10.8. The summed E-state index contributed by atoms with van der Waals surface area (Å²) in [7, 11) is 0. The van der Waals surface area contributed by atoms with E-state index >= 15 is 0 Å². The SMILES string of the molecule is CCCCc1cc(CCCC)c(SCC)c(CCCC)c1O. The van der Waals surface area contributed by atoms with Gasteiger partial charge in [0.05, 0.1) is 0 Å². The Labute approximate surface area is 141 Å². The molecule has 0 saturated carbocycles. The molecule has 0 spiro atoms. The standard InChI is InChI=1S/C20H34OS/c1-5-9-12-16-15-17(13-10-6-2)20(22-8-4)18(19(16)21)14-11-7-3/h15,21H,5-14H2,1-4H3. The molecule has 0 aliphatic rings. The Balaban J connectivity index is 3.24. The van der Waals surface area contributed by atoms with Crippen LogP contribution in [0.1, 0.15) is 82.9 Å². The van der Waals surface area contributed by atoms with Gasteiger partial charge in [-0.3, -0.25) is 0 Å². The van der Waals surface area contributed by atoms with Crippen molar-refractivity contribution in [2.75, 3.05) is 5.75 Å². The third-order valence-corrected chi connectivity index (χ3v) is 5.26. The van der Waals surface area contributed by atoms with Gasteiger partial charge >= 0.3 is 0 Å². The quantitative estimate of drug-likeness (QED) is 0.467. The molecule has 2 heteroatoms. The molecule has 0 saturated heterocycles. The van der Waals surface area contributed by atoms with E-state index in [1.54, 1.807) is 0 Å². The number of hydrogen-bond acceptors (Lipinski definition) is 2. The van der Waals surface area contributed by atoms with Crippen LogP contribution in [0.25, 0.3) is 0 Å². The lowest BCUT2D eigenvalue weighted by atomic mass is 9.95. The fourth-order valence-corrected chi connectivity index (χ4v) is 3.87. The van der Waals surface area contributed by atoms with Crippen molar-refractivity contribution in [2.45, 2.75) is 90.4 Å². The Bertz CT molecular complexity index is 440. The monoisotopic (exact) mass is 322 g/mol. The highest BCUT2D eigenvalue weighted by atomic mass is 32.2. The summed E-state index contributed by atoms with van der Waals surface area (Å²) in [5.41, 5.74) is 3.89. The summed E-state index contributed by atoms with van der Waals surface area (Å²) in [5, 5.41) is 10.8. The molecule has 0 fully saturated rings. The molecule has 1 rings (SSSR count). The average molecular weight is 323 g/mol. The molecule has 0 heterocycles. The molecule has 0 aliphatic heterocycles. The molecule has 0 bridgehead atoms. The number of phenols is 1. The molecule has 1 aromatic carbocycles. The van der Waals surface area contributed by atoms with Crippen LogP contribution < -0.4 is 0 Å². The van der Waals surface area contributed by atoms with Crippen LogP contribution >= 0.6 is 11.8 Å². The van der Waals surface area contributed by atoms with Gasteiger partial charge < -0.3 is 5.11 Å². The fraction of sp³-hybridized carbons (Fsp3) is 0.700. The van der Waals surface area contributed by atoms with E-state index in [2.05, 4.69) is 33.8 Å². The Morgan fingerprint density at radius 1 is 0.818 bits per heavy atom. The lowest BCUT2D eigenvalue weighted by Crippen LogP contribution is -2.01. The van der Waals surface area contributed by atoms with Gasteiger partial charge in [0.1, 0.15) is 5.75 Å². The summed E-state index contributed by atoms with van der Waals surface area (Å²) < 4.78 is 0. The van der Waals surface area contributed by atoms with Crippen LogP contribution in [0.15, 0.2) is 11.0 Å². The fourth-order valence-electron chi connectivity index (χ4n) is 2.86. The van der Waals surface area contributed by atoms with Crippen molar-refractivity contribution in [1.82, 2.24) is 0 Å². The summed E-state index contributed by atoms with van der Waals surface area (Å²) >= 11 is 1.92. The van der Waals surface area contributed by atoms with Gasteiger partial charge in [-0.05, 0) is 55.4 Å². The number of aryl methyl sites for hydroxylation is 2. The normalized spacial score (nSPS) is 11.1. The van der Waals surface area contributed by atoms with Crippen molar-refractivity contribution in [3.05, 3.63) is 22.8 Å². The van der Waals surface area contributed by atoms with E-state index < -0.39 is 0 Å². The molecule has 0 amide bonds. The average Bonchev–Trinajstić information content (AvgIpc) is 2.53. The van der Waals surface area contributed by atoms with Crippen LogP contribution in [0.2, 0.25) is 0 Å². The molecule has 1 aromatic rings. The Hall–Kier alpha value is -0.630. The molecular weight excluding hydrogens is 288 g/mol. The third-order valence-electron chi connectivity index (χ3n) is 4.17. The van der Waals surface area contributed by atoms with Gasteiger partial charge in [-0.1, -0.05) is 53.0 Å². The van der Waals surface area contributed by atoms with Gasteiger partial charge in [-0.15, -0.1) is 11.8 Å². The van der Waals surface area contributed by atoms with Gasteiger partial charge in [0.15, 0.2) is 0 Å². The second-order valence-corrected chi connectivity index (χ2v) is 7.37. The van der Waals surface area contributed by atoms with Gasteiger partial charge in [-0.25, -0.2) is 0 Å². The largest absolute Gasteiger partial charge is 0.507 e. The van der Waals surface area contributed by atoms with Gasteiger partial charge in [-0.2, -0.15) is 0 Å². The van der Waals surface area contributed by atoms with E-state index in [1.807, 2.05) is 11.8 Å². The molecule has 0 unspecified atom stereocenters. The zero-order valence-corrected chi connectivity index (χ0v) is 15.8. The molecule has 0 radical (unpaired) electrons. The molecule has 1 N–H and O–H groups in total. The van der Waals surface area contributed by atoms with Crippen LogP contribution in [-0.2, 0) is 19.3 Å². The second-order valence-electron chi connectivity index (χ2n) is 6.09. The predicted molar refractivity (Wildman–Crippen MR) is 100 cm³/mol.